The lowest BCUT2D eigenvalue weighted by Gasteiger charge is -2.33. The fourth-order valence-electron chi connectivity index (χ4n) is 3.10. The molecular weight excluding hydrogens is 198 g/mol. The molecule has 1 saturated carbocycles. The lowest BCUT2D eigenvalue weighted by atomic mass is 9.77. The molecule has 1 aromatic carbocycles. The van der Waals surface area contributed by atoms with E-state index in [0.717, 1.165) is 25.7 Å². The molecule has 84 valence electrons. The molecule has 0 aromatic heterocycles. The second kappa shape index (κ2) is 3.70. The summed E-state index contributed by atoms with van der Waals surface area (Å²) in [7, 11) is 0. The van der Waals surface area contributed by atoms with E-state index in [2.05, 4.69) is 29.3 Å². The maximum atomic E-state index is 10.4. The van der Waals surface area contributed by atoms with Crippen LogP contribution in [-0.4, -0.2) is 16.5 Å². The van der Waals surface area contributed by atoms with Gasteiger partial charge in [0.05, 0.1) is 0 Å². The van der Waals surface area contributed by atoms with Gasteiger partial charge in [-0.05, 0) is 30.9 Å². The zero-order valence-electron chi connectivity index (χ0n) is 9.45. The van der Waals surface area contributed by atoms with Crippen LogP contribution in [0, 0.1) is 5.92 Å². The van der Waals surface area contributed by atoms with E-state index in [1.807, 2.05) is 6.07 Å². The highest BCUT2D eigenvalue weighted by Crippen LogP contribution is 2.32. The third-order valence-corrected chi connectivity index (χ3v) is 3.83. The number of nitrogens with one attached hydrogen (secondary N) is 1. The SMILES string of the molecule is OC12CCCC(CC(c3ccccc3)=[NH+]1)C2. The van der Waals surface area contributed by atoms with Gasteiger partial charge in [-0.3, -0.25) is 0 Å². The first-order valence-corrected chi connectivity index (χ1v) is 6.17. The quantitative estimate of drug-likeness (QED) is 0.716. The monoisotopic (exact) mass is 216 g/mol. The van der Waals surface area contributed by atoms with E-state index in [1.165, 1.54) is 17.7 Å². The van der Waals surface area contributed by atoms with Crippen LogP contribution in [0.5, 0.6) is 0 Å². The van der Waals surface area contributed by atoms with Gasteiger partial charge in [0.25, 0.3) is 5.72 Å². The lowest BCUT2D eigenvalue weighted by Crippen LogP contribution is -2.90. The zero-order valence-corrected chi connectivity index (χ0v) is 9.45. The summed E-state index contributed by atoms with van der Waals surface area (Å²) < 4.78 is 0. The molecule has 2 unspecified atom stereocenters. The van der Waals surface area contributed by atoms with Crippen LogP contribution in [0.15, 0.2) is 30.3 Å². The van der Waals surface area contributed by atoms with Gasteiger partial charge in [-0.15, -0.1) is 0 Å². The molecule has 2 bridgehead atoms. The first-order valence-electron chi connectivity index (χ1n) is 6.17. The standard InChI is InChI=1S/C14H17NO/c16-14-8-4-5-11(10-14)9-13(15-14)12-6-2-1-3-7-12/h1-3,6-7,11,16H,4-5,8-10H2/p+1. The molecule has 2 heteroatoms. The summed E-state index contributed by atoms with van der Waals surface area (Å²) in [6.07, 6.45) is 5.31. The van der Waals surface area contributed by atoms with Crippen molar-refractivity contribution in [1.29, 1.82) is 0 Å². The number of benzene rings is 1. The van der Waals surface area contributed by atoms with Gasteiger partial charge in [0.2, 0.25) is 0 Å². The van der Waals surface area contributed by atoms with Crippen molar-refractivity contribution >= 4 is 5.71 Å². The molecule has 0 spiro atoms. The van der Waals surface area contributed by atoms with Gasteiger partial charge >= 0.3 is 0 Å². The minimum absolute atomic E-state index is 0.633. The molecule has 1 heterocycles. The Hall–Kier alpha value is -1.15. The van der Waals surface area contributed by atoms with Crippen LogP contribution in [0.1, 0.15) is 37.7 Å². The van der Waals surface area contributed by atoms with Crippen LogP contribution in [0.3, 0.4) is 0 Å². The van der Waals surface area contributed by atoms with Crippen LogP contribution in [0.4, 0.5) is 0 Å². The minimum atomic E-state index is -0.633. The maximum absolute atomic E-state index is 10.4. The molecule has 1 aromatic rings. The van der Waals surface area contributed by atoms with Crippen molar-refractivity contribution in [3.8, 4) is 0 Å². The molecule has 16 heavy (non-hydrogen) atoms. The summed E-state index contributed by atoms with van der Waals surface area (Å²) in [5.41, 5.74) is 1.82. The predicted octanol–water partition coefficient (Wildman–Crippen LogP) is 0.839. The summed E-state index contributed by atoms with van der Waals surface area (Å²) in [6, 6.07) is 10.4. The molecule has 1 aliphatic carbocycles. The normalized spacial score (nSPS) is 33.3. The summed E-state index contributed by atoms with van der Waals surface area (Å²) >= 11 is 0. The van der Waals surface area contributed by atoms with Gasteiger partial charge in [-0.2, -0.15) is 0 Å². The highest BCUT2D eigenvalue weighted by atomic mass is 16.3. The Bertz CT molecular complexity index is 412. The summed E-state index contributed by atoms with van der Waals surface area (Å²) in [6.45, 7) is 0. The van der Waals surface area contributed by atoms with Gasteiger partial charge in [-0.25, -0.2) is 4.99 Å². The van der Waals surface area contributed by atoms with Gasteiger partial charge in [0, 0.05) is 24.8 Å². The molecule has 2 N–H and O–H groups in total. The molecule has 1 aliphatic heterocycles. The maximum Gasteiger partial charge on any atom is 0.263 e. The number of hydrogen-bond donors (Lipinski definition) is 2. The highest BCUT2D eigenvalue weighted by Gasteiger charge is 2.44. The Morgan fingerprint density at radius 3 is 2.81 bits per heavy atom. The molecular formula is C14H18NO+. The third-order valence-electron chi connectivity index (χ3n) is 3.83. The van der Waals surface area contributed by atoms with E-state index in [1.54, 1.807) is 0 Å². The fraction of sp³-hybridized carbons (Fsp3) is 0.500. The molecule has 2 atom stereocenters. The summed E-state index contributed by atoms with van der Waals surface area (Å²) in [5.74, 6) is 0.662. The number of aliphatic hydroxyl groups is 1. The van der Waals surface area contributed by atoms with E-state index >= 15 is 0 Å². The molecule has 1 fully saturated rings. The second-order valence-corrected chi connectivity index (χ2v) is 5.17. The van der Waals surface area contributed by atoms with Gasteiger partial charge < -0.3 is 5.11 Å². The average Bonchev–Trinajstić information content (AvgIpc) is 2.28. The number of fused-ring (bicyclic) bond motifs is 2. The third kappa shape index (κ3) is 1.78. The minimum Gasteiger partial charge on any atom is -0.335 e. The van der Waals surface area contributed by atoms with Crippen LogP contribution in [0.25, 0.3) is 0 Å². The van der Waals surface area contributed by atoms with Crippen molar-refractivity contribution in [2.75, 3.05) is 0 Å². The Labute approximate surface area is 96.0 Å². The predicted molar refractivity (Wildman–Crippen MR) is 63.0 cm³/mol. The van der Waals surface area contributed by atoms with Gasteiger partial charge in [0.15, 0.2) is 5.71 Å². The summed E-state index contributed by atoms with van der Waals surface area (Å²) in [5, 5.41) is 10.4. The van der Waals surface area contributed by atoms with Crippen molar-refractivity contribution in [2.24, 2.45) is 5.92 Å². The van der Waals surface area contributed by atoms with Crippen LogP contribution >= 0.6 is 0 Å². The largest absolute Gasteiger partial charge is 0.335 e. The van der Waals surface area contributed by atoms with Gasteiger partial charge in [0.1, 0.15) is 0 Å². The van der Waals surface area contributed by atoms with Gasteiger partial charge in [-0.1, -0.05) is 18.2 Å². The van der Waals surface area contributed by atoms with Crippen molar-refractivity contribution < 1.29 is 10.1 Å². The topological polar surface area (TPSA) is 34.2 Å². The second-order valence-electron chi connectivity index (χ2n) is 5.17. The fourth-order valence-corrected chi connectivity index (χ4v) is 3.10. The average molecular weight is 216 g/mol. The Balaban J connectivity index is 1.97. The van der Waals surface area contributed by atoms with Crippen LogP contribution in [0.2, 0.25) is 0 Å². The Morgan fingerprint density at radius 2 is 2.06 bits per heavy atom. The first kappa shape index (κ1) is 10.0. The first-order chi connectivity index (χ1) is 7.75. The zero-order chi connectivity index (χ0) is 11.0. The lowest BCUT2D eigenvalue weighted by molar-refractivity contribution is -0.626. The van der Waals surface area contributed by atoms with E-state index < -0.39 is 5.72 Å². The highest BCUT2D eigenvalue weighted by molar-refractivity contribution is 5.96. The molecule has 2 aliphatic rings. The molecule has 0 saturated heterocycles. The molecule has 0 amide bonds. The van der Waals surface area contributed by atoms with E-state index in [4.69, 9.17) is 0 Å². The number of rotatable bonds is 1. The Kier molecular flexibility index (Phi) is 2.32. The number of hydrogen-bond acceptors (Lipinski definition) is 1. The van der Waals surface area contributed by atoms with Crippen LogP contribution < -0.4 is 4.99 Å². The van der Waals surface area contributed by atoms with E-state index in [9.17, 15) is 5.11 Å². The molecule has 0 radical (unpaired) electrons. The van der Waals surface area contributed by atoms with E-state index in [-0.39, 0.29) is 0 Å². The Morgan fingerprint density at radius 1 is 1.25 bits per heavy atom. The van der Waals surface area contributed by atoms with Crippen molar-refractivity contribution in [1.82, 2.24) is 0 Å². The molecule has 2 nitrogen and oxygen atoms in total. The smallest absolute Gasteiger partial charge is 0.263 e. The van der Waals surface area contributed by atoms with Crippen LogP contribution in [-0.2, 0) is 0 Å². The van der Waals surface area contributed by atoms with Crippen molar-refractivity contribution in [2.45, 2.75) is 37.8 Å². The van der Waals surface area contributed by atoms with Crippen molar-refractivity contribution in [3.63, 3.8) is 0 Å². The van der Waals surface area contributed by atoms with Crippen molar-refractivity contribution in [3.05, 3.63) is 35.9 Å². The molecule has 3 rings (SSSR count). The summed E-state index contributed by atoms with van der Waals surface area (Å²) in [4.78, 5) is 3.35. The van der Waals surface area contributed by atoms with E-state index in [0.29, 0.717) is 5.92 Å².